The van der Waals surface area contributed by atoms with Crippen LogP contribution in [0.25, 0.3) is 6.08 Å². The fraction of sp³-hybridized carbons (Fsp3) is 0.0833. The summed E-state index contributed by atoms with van der Waals surface area (Å²) < 4.78 is 16.4. The van der Waals surface area contributed by atoms with Crippen molar-refractivity contribution in [3.8, 4) is 29.1 Å². The van der Waals surface area contributed by atoms with Crippen molar-refractivity contribution < 1.29 is 19.0 Å². The first-order valence-corrected chi connectivity index (χ1v) is 9.66. The van der Waals surface area contributed by atoms with Gasteiger partial charge in [-0.05, 0) is 54.1 Å². The molecule has 0 spiro atoms. The van der Waals surface area contributed by atoms with Gasteiger partial charge in [-0.15, -0.1) is 0 Å². The zero-order valence-corrected chi connectivity index (χ0v) is 17.4. The standard InChI is InChI=1S/C24H19ClN2O4/c1-29-23-15-17(7-10-22(23)30-14-13-26)8-12-24(28)27-20-16-18(25)9-11-21(20)31-19-5-3-2-4-6-19/h2-12,15-16H,14H2,1H3,(H,27,28)/b12-8+. The highest BCUT2D eigenvalue weighted by atomic mass is 35.5. The van der Waals surface area contributed by atoms with Crippen molar-refractivity contribution in [3.05, 3.63) is 83.4 Å². The van der Waals surface area contributed by atoms with Crippen LogP contribution in [0.1, 0.15) is 5.56 Å². The van der Waals surface area contributed by atoms with Crippen molar-refractivity contribution >= 4 is 29.3 Å². The number of benzene rings is 3. The summed E-state index contributed by atoms with van der Waals surface area (Å²) >= 11 is 6.09. The minimum absolute atomic E-state index is 0.0824. The molecule has 6 nitrogen and oxygen atoms in total. The summed E-state index contributed by atoms with van der Waals surface area (Å²) in [5, 5.41) is 11.9. The Bertz CT molecular complexity index is 1120. The van der Waals surface area contributed by atoms with Crippen molar-refractivity contribution in [2.24, 2.45) is 0 Å². The van der Waals surface area contributed by atoms with Gasteiger partial charge in [-0.25, -0.2) is 0 Å². The van der Waals surface area contributed by atoms with Crippen molar-refractivity contribution in [1.29, 1.82) is 5.26 Å². The maximum absolute atomic E-state index is 12.5. The topological polar surface area (TPSA) is 80.6 Å². The van der Waals surface area contributed by atoms with Gasteiger partial charge in [0.25, 0.3) is 0 Å². The summed E-state index contributed by atoms with van der Waals surface area (Å²) in [4.78, 5) is 12.5. The molecule has 0 atom stereocenters. The van der Waals surface area contributed by atoms with Crippen LogP contribution >= 0.6 is 11.6 Å². The number of nitriles is 1. The number of nitrogens with zero attached hydrogens (tertiary/aromatic N) is 1. The predicted octanol–water partition coefficient (Wildman–Crippen LogP) is 5.70. The Hall–Kier alpha value is -3.95. The van der Waals surface area contributed by atoms with Crippen LogP contribution in [0.3, 0.4) is 0 Å². The summed E-state index contributed by atoms with van der Waals surface area (Å²) in [6, 6.07) is 21.3. The summed E-state index contributed by atoms with van der Waals surface area (Å²) in [7, 11) is 1.50. The van der Waals surface area contributed by atoms with Gasteiger partial charge in [0.1, 0.15) is 11.8 Å². The molecule has 0 aliphatic carbocycles. The lowest BCUT2D eigenvalue weighted by Crippen LogP contribution is -2.08. The minimum Gasteiger partial charge on any atom is -0.493 e. The van der Waals surface area contributed by atoms with Gasteiger partial charge >= 0.3 is 0 Å². The van der Waals surface area contributed by atoms with E-state index in [4.69, 9.17) is 31.1 Å². The number of carbonyl (C=O) groups is 1. The maximum atomic E-state index is 12.5. The Morgan fingerprint density at radius 3 is 2.58 bits per heavy atom. The van der Waals surface area contributed by atoms with E-state index in [2.05, 4.69) is 5.32 Å². The molecule has 3 aromatic rings. The number of hydrogen-bond donors (Lipinski definition) is 1. The van der Waals surface area contributed by atoms with Crippen LogP contribution in [0.2, 0.25) is 5.02 Å². The lowest BCUT2D eigenvalue weighted by atomic mass is 10.2. The SMILES string of the molecule is COc1cc(/C=C/C(=O)Nc2cc(Cl)ccc2Oc2ccccc2)ccc1OCC#N. The number of amides is 1. The molecule has 0 saturated carbocycles. The smallest absolute Gasteiger partial charge is 0.248 e. The van der Waals surface area contributed by atoms with Gasteiger partial charge < -0.3 is 19.5 Å². The number of halogens is 1. The largest absolute Gasteiger partial charge is 0.493 e. The Kier molecular flexibility index (Phi) is 7.52. The molecule has 156 valence electrons. The first-order chi connectivity index (χ1) is 15.1. The highest BCUT2D eigenvalue weighted by Crippen LogP contribution is 2.32. The summed E-state index contributed by atoms with van der Waals surface area (Å²) in [5.74, 6) is 1.67. The van der Waals surface area contributed by atoms with E-state index in [0.29, 0.717) is 33.7 Å². The van der Waals surface area contributed by atoms with Crippen molar-refractivity contribution in [2.75, 3.05) is 19.0 Å². The molecule has 0 aliphatic rings. The summed E-state index contributed by atoms with van der Waals surface area (Å²) in [5.41, 5.74) is 1.17. The van der Waals surface area contributed by atoms with E-state index in [1.807, 2.05) is 36.4 Å². The van der Waals surface area contributed by atoms with Crippen LogP contribution in [0.4, 0.5) is 5.69 Å². The fourth-order valence-electron chi connectivity index (χ4n) is 2.67. The van der Waals surface area contributed by atoms with E-state index >= 15 is 0 Å². The Labute approximate surface area is 185 Å². The van der Waals surface area contributed by atoms with E-state index in [1.165, 1.54) is 13.2 Å². The predicted molar refractivity (Wildman–Crippen MR) is 120 cm³/mol. The van der Waals surface area contributed by atoms with Crippen LogP contribution < -0.4 is 19.5 Å². The summed E-state index contributed by atoms with van der Waals surface area (Å²) in [6.07, 6.45) is 3.02. The average molecular weight is 435 g/mol. The van der Waals surface area contributed by atoms with Gasteiger partial charge in [0.05, 0.1) is 12.8 Å². The molecule has 0 aliphatic heterocycles. The monoisotopic (exact) mass is 434 g/mol. The summed E-state index contributed by atoms with van der Waals surface area (Å²) in [6.45, 7) is -0.0824. The normalized spacial score (nSPS) is 10.4. The molecule has 31 heavy (non-hydrogen) atoms. The third-order valence-corrected chi connectivity index (χ3v) is 4.31. The average Bonchev–Trinajstić information content (AvgIpc) is 2.79. The van der Waals surface area contributed by atoms with Gasteiger partial charge in [0.2, 0.25) is 5.91 Å². The number of rotatable bonds is 8. The number of nitrogens with one attached hydrogen (secondary N) is 1. The van der Waals surface area contributed by atoms with Crippen LogP contribution in [-0.2, 0) is 4.79 Å². The third-order valence-electron chi connectivity index (χ3n) is 4.08. The molecule has 0 radical (unpaired) electrons. The molecule has 1 N–H and O–H groups in total. The second kappa shape index (κ2) is 10.7. The minimum atomic E-state index is -0.357. The highest BCUT2D eigenvalue weighted by Gasteiger charge is 2.09. The van der Waals surface area contributed by atoms with Gasteiger partial charge in [-0.1, -0.05) is 35.9 Å². The second-order valence-corrected chi connectivity index (χ2v) is 6.67. The van der Waals surface area contributed by atoms with Gasteiger partial charge in [0, 0.05) is 11.1 Å². The van der Waals surface area contributed by atoms with E-state index in [9.17, 15) is 4.79 Å². The van der Waals surface area contributed by atoms with E-state index in [1.54, 1.807) is 42.5 Å². The number of hydrogen-bond acceptors (Lipinski definition) is 5. The van der Waals surface area contributed by atoms with Crippen LogP contribution in [0, 0.1) is 11.3 Å². The molecule has 0 saturated heterocycles. The number of anilines is 1. The van der Waals surface area contributed by atoms with Gasteiger partial charge in [-0.3, -0.25) is 4.79 Å². The lowest BCUT2D eigenvalue weighted by molar-refractivity contribution is -0.111. The van der Waals surface area contributed by atoms with Crippen LogP contribution in [0.15, 0.2) is 72.8 Å². The number of methoxy groups -OCH3 is 1. The first-order valence-electron chi connectivity index (χ1n) is 9.28. The van der Waals surface area contributed by atoms with Crippen LogP contribution in [0.5, 0.6) is 23.0 Å². The molecule has 3 rings (SSSR count). The van der Waals surface area contributed by atoms with Gasteiger partial charge in [-0.2, -0.15) is 5.26 Å². The molecule has 0 fully saturated rings. The quantitative estimate of drug-likeness (QED) is 0.460. The second-order valence-electron chi connectivity index (χ2n) is 6.24. The van der Waals surface area contributed by atoms with Crippen molar-refractivity contribution in [1.82, 2.24) is 0 Å². The number of ether oxygens (including phenoxy) is 3. The fourth-order valence-corrected chi connectivity index (χ4v) is 2.84. The molecule has 1 amide bonds. The maximum Gasteiger partial charge on any atom is 0.248 e. The molecule has 0 aromatic heterocycles. The van der Waals surface area contributed by atoms with E-state index in [-0.39, 0.29) is 12.5 Å². The Morgan fingerprint density at radius 2 is 1.84 bits per heavy atom. The zero-order valence-electron chi connectivity index (χ0n) is 16.7. The third kappa shape index (κ3) is 6.26. The molecule has 0 bridgehead atoms. The molecule has 3 aromatic carbocycles. The first kappa shape index (κ1) is 21.8. The zero-order chi connectivity index (χ0) is 22.1. The molecule has 7 heteroatoms. The molecular formula is C24H19ClN2O4. The van der Waals surface area contributed by atoms with E-state index in [0.717, 1.165) is 5.56 Å². The molecule has 0 heterocycles. The number of carbonyl (C=O) groups excluding carboxylic acids is 1. The lowest BCUT2D eigenvalue weighted by Gasteiger charge is -2.12. The van der Waals surface area contributed by atoms with Gasteiger partial charge in [0.15, 0.2) is 23.9 Å². The Balaban J connectivity index is 1.73. The van der Waals surface area contributed by atoms with Crippen molar-refractivity contribution in [3.63, 3.8) is 0 Å². The molecule has 0 unspecified atom stereocenters. The highest BCUT2D eigenvalue weighted by molar-refractivity contribution is 6.31. The van der Waals surface area contributed by atoms with Crippen LogP contribution in [-0.4, -0.2) is 19.6 Å². The Morgan fingerprint density at radius 1 is 1.06 bits per heavy atom. The number of para-hydroxylation sites is 1. The van der Waals surface area contributed by atoms with E-state index < -0.39 is 0 Å². The molecular weight excluding hydrogens is 416 g/mol. The van der Waals surface area contributed by atoms with Crippen molar-refractivity contribution in [2.45, 2.75) is 0 Å².